The molecule has 128 valence electrons. The van der Waals surface area contributed by atoms with Crippen molar-refractivity contribution in [1.82, 2.24) is 14.8 Å². The molecule has 0 spiro atoms. The first-order valence-corrected chi connectivity index (χ1v) is 8.16. The number of nitrogens with one attached hydrogen (secondary N) is 1. The van der Waals surface area contributed by atoms with Crippen molar-refractivity contribution in [3.05, 3.63) is 75.0 Å². The first-order chi connectivity index (χ1) is 12.0. The molecule has 25 heavy (non-hydrogen) atoms. The maximum atomic E-state index is 12.9. The molecule has 0 radical (unpaired) electrons. The van der Waals surface area contributed by atoms with Gasteiger partial charge in [-0.25, -0.2) is 14.1 Å². The van der Waals surface area contributed by atoms with Crippen molar-refractivity contribution >= 4 is 21.6 Å². The van der Waals surface area contributed by atoms with Crippen molar-refractivity contribution in [3.8, 4) is 11.6 Å². The summed E-state index contributed by atoms with van der Waals surface area (Å²) in [6.07, 6.45) is 3.19. The smallest absolute Gasteiger partial charge is 0.282 e. The van der Waals surface area contributed by atoms with Crippen molar-refractivity contribution < 1.29 is 9.13 Å². The second kappa shape index (κ2) is 7.43. The number of aryl methyl sites for hydroxylation is 1. The Morgan fingerprint density at radius 3 is 2.80 bits per heavy atom. The summed E-state index contributed by atoms with van der Waals surface area (Å²) >= 11 is 3.27. The second-order valence-electron chi connectivity index (χ2n) is 5.21. The summed E-state index contributed by atoms with van der Waals surface area (Å²) in [5.41, 5.74) is 1.28. The van der Waals surface area contributed by atoms with E-state index >= 15 is 0 Å². The lowest BCUT2D eigenvalue weighted by Crippen LogP contribution is -2.21. The molecule has 2 heterocycles. The average Bonchev–Trinajstić information content (AvgIpc) is 2.61. The minimum atomic E-state index is -0.327. The monoisotopic (exact) mass is 404 g/mol. The minimum Gasteiger partial charge on any atom is -0.439 e. The molecule has 0 atom stereocenters. The number of aromatic nitrogens is 3. The fraction of sp³-hybridized carbons (Fsp3) is 0.118. The number of rotatable bonds is 5. The van der Waals surface area contributed by atoms with Crippen LogP contribution in [0.3, 0.4) is 0 Å². The van der Waals surface area contributed by atoms with Crippen LogP contribution in [0, 0.1) is 5.82 Å². The van der Waals surface area contributed by atoms with E-state index in [1.807, 2.05) is 6.07 Å². The van der Waals surface area contributed by atoms with Crippen LogP contribution in [0.25, 0.3) is 0 Å². The topological polar surface area (TPSA) is 69.0 Å². The number of pyridine rings is 1. The first-order valence-electron chi connectivity index (χ1n) is 7.37. The predicted molar refractivity (Wildman–Crippen MR) is 95.2 cm³/mol. The molecule has 0 saturated heterocycles. The lowest BCUT2D eigenvalue weighted by molar-refractivity contribution is 0.460. The maximum Gasteiger partial charge on any atom is 0.282 e. The van der Waals surface area contributed by atoms with Crippen LogP contribution in [0.2, 0.25) is 0 Å². The molecule has 0 saturated carbocycles. The summed E-state index contributed by atoms with van der Waals surface area (Å²) in [5.74, 6) is 0.566. The van der Waals surface area contributed by atoms with Crippen LogP contribution < -0.4 is 15.6 Å². The zero-order chi connectivity index (χ0) is 17.8. The van der Waals surface area contributed by atoms with Crippen LogP contribution in [0.4, 0.5) is 10.1 Å². The van der Waals surface area contributed by atoms with Gasteiger partial charge in [-0.2, -0.15) is 5.10 Å². The summed E-state index contributed by atoms with van der Waals surface area (Å²) in [6.45, 7) is 0.454. The van der Waals surface area contributed by atoms with Gasteiger partial charge >= 0.3 is 0 Å². The standard InChI is InChI=1S/C17H14BrFN4O2/c1-23-17(24)16(18)14(10-22-23)21-9-11-6-7-20-15(8-11)25-13-4-2-12(19)3-5-13/h2-8,10,21H,9H2,1H3. The van der Waals surface area contributed by atoms with Gasteiger partial charge in [-0.1, -0.05) is 0 Å². The highest BCUT2D eigenvalue weighted by atomic mass is 79.9. The number of ether oxygens (including phenoxy) is 1. The molecule has 0 aliphatic rings. The highest BCUT2D eigenvalue weighted by Crippen LogP contribution is 2.21. The predicted octanol–water partition coefficient (Wildman–Crippen LogP) is 3.48. The van der Waals surface area contributed by atoms with Gasteiger partial charge < -0.3 is 10.1 Å². The lowest BCUT2D eigenvalue weighted by Gasteiger charge is -2.10. The lowest BCUT2D eigenvalue weighted by atomic mass is 10.2. The van der Waals surface area contributed by atoms with Crippen LogP contribution in [0.5, 0.6) is 11.6 Å². The fourth-order valence-electron chi connectivity index (χ4n) is 2.07. The molecule has 1 N–H and O–H groups in total. The Labute approximate surface area is 151 Å². The van der Waals surface area contributed by atoms with E-state index in [0.29, 0.717) is 28.3 Å². The molecule has 0 fully saturated rings. The van der Waals surface area contributed by atoms with Gasteiger partial charge in [0.05, 0.1) is 11.9 Å². The van der Waals surface area contributed by atoms with Gasteiger partial charge in [-0.3, -0.25) is 4.79 Å². The van der Waals surface area contributed by atoms with Gasteiger partial charge in [0.2, 0.25) is 5.88 Å². The van der Waals surface area contributed by atoms with Crippen molar-refractivity contribution in [1.29, 1.82) is 0 Å². The summed E-state index contributed by atoms with van der Waals surface area (Å²) in [7, 11) is 1.58. The number of benzene rings is 1. The van der Waals surface area contributed by atoms with Gasteiger partial charge in [0, 0.05) is 25.9 Å². The molecule has 1 aromatic carbocycles. The van der Waals surface area contributed by atoms with E-state index in [1.54, 1.807) is 25.5 Å². The third kappa shape index (κ3) is 4.21. The zero-order valence-electron chi connectivity index (χ0n) is 13.2. The third-order valence-corrected chi connectivity index (χ3v) is 4.16. The minimum absolute atomic E-state index is 0.222. The number of anilines is 1. The Kier molecular flexibility index (Phi) is 5.08. The molecule has 8 heteroatoms. The summed E-state index contributed by atoms with van der Waals surface area (Å²) in [5, 5.41) is 7.12. The van der Waals surface area contributed by atoms with Gasteiger partial charge in [0.15, 0.2) is 0 Å². The molecule has 0 aliphatic heterocycles. The Morgan fingerprint density at radius 2 is 2.04 bits per heavy atom. The van der Waals surface area contributed by atoms with Gasteiger partial charge in [0.1, 0.15) is 16.0 Å². The summed E-state index contributed by atoms with van der Waals surface area (Å²) in [4.78, 5) is 16.0. The Hall–Kier alpha value is -2.74. The molecular weight excluding hydrogens is 391 g/mol. The fourth-order valence-corrected chi connectivity index (χ4v) is 2.57. The van der Waals surface area contributed by atoms with Gasteiger partial charge in [-0.15, -0.1) is 0 Å². The highest BCUT2D eigenvalue weighted by molar-refractivity contribution is 9.10. The first kappa shape index (κ1) is 17.1. The van der Waals surface area contributed by atoms with Crippen molar-refractivity contribution in [2.45, 2.75) is 6.54 Å². The molecule has 0 bridgehead atoms. The maximum absolute atomic E-state index is 12.9. The van der Waals surface area contributed by atoms with E-state index in [2.05, 4.69) is 31.3 Å². The van der Waals surface area contributed by atoms with Gasteiger partial charge in [-0.05, 0) is 51.8 Å². The zero-order valence-corrected chi connectivity index (χ0v) is 14.8. The Bertz CT molecular complexity index is 944. The van der Waals surface area contributed by atoms with Crippen LogP contribution >= 0.6 is 15.9 Å². The number of halogens is 2. The quantitative estimate of drug-likeness (QED) is 0.704. The largest absolute Gasteiger partial charge is 0.439 e. The normalized spacial score (nSPS) is 10.5. The van der Waals surface area contributed by atoms with Crippen LogP contribution in [0.15, 0.2) is 58.1 Å². The average molecular weight is 405 g/mol. The number of hydrogen-bond acceptors (Lipinski definition) is 5. The number of hydrogen-bond donors (Lipinski definition) is 1. The molecule has 3 aromatic rings. The molecule has 2 aromatic heterocycles. The van der Waals surface area contributed by atoms with Crippen LogP contribution in [-0.2, 0) is 13.6 Å². The second-order valence-corrected chi connectivity index (χ2v) is 6.01. The van der Waals surface area contributed by atoms with E-state index < -0.39 is 0 Å². The van der Waals surface area contributed by atoms with Crippen molar-refractivity contribution in [3.63, 3.8) is 0 Å². The summed E-state index contributed by atoms with van der Waals surface area (Å²) < 4.78 is 20.2. The van der Waals surface area contributed by atoms with E-state index in [1.165, 1.54) is 28.9 Å². The van der Waals surface area contributed by atoms with Crippen LogP contribution in [0.1, 0.15) is 5.56 Å². The molecule has 0 aliphatic carbocycles. The molecule has 3 rings (SSSR count). The molecular formula is C17H14BrFN4O2. The van der Waals surface area contributed by atoms with E-state index in [4.69, 9.17) is 4.74 Å². The Morgan fingerprint density at radius 1 is 1.28 bits per heavy atom. The van der Waals surface area contributed by atoms with Crippen LogP contribution in [-0.4, -0.2) is 14.8 Å². The molecule has 6 nitrogen and oxygen atoms in total. The SMILES string of the molecule is Cn1ncc(NCc2ccnc(Oc3ccc(F)cc3)c2)c(Br)c1=O. The van der Waals surface area contributed by atoms with Gasteiger partial charge in [0.25, 0.3) is 5.56 Å². The van der Waals surface area contributed by atoms with E-state index in [0.717, 1.165) is 5.56 Å². The van der Waals surface area contributed by atoms with Crippen molar-refractivity contribution in [2.24, 2.45) is 7.05 Å². The molecule has 0 unspecified atom stereocenters. The third-order valence-electron chi connectivity index (χ3n) is 3.40. The van der Waals surface area contributed by atoms with E-state index in [-0.39, 0.29) is 11.4 Å². The van der Waals surface area contributed by atoms with Crippen molar-refractivity contribution in [2.75, 3.05) is 5.32 Å². The van der Waals surface area contributed by atoms with E-state index in [9.17, 15) is 9.18 Å². The molecule has 0 amide bonds. The number of nitrogens with zero attached hydrogens (tertiary/aromatic N) is 3. The highest BCUT2D eigenvalue weighted by Gasteiger charge is 2.07. The Balaban J connectivity index is 1.71. The summed E-state index contributed by atoms with van der Waals surface area (Å²) in [6, 6.07) is 9.29.